The highest BCUT2D eigenvalue weighted by atomic mass is 16.6. The van der Waals surface area contributed by atoms with Crippen LogP contribution in [0.1, 0.15) is 32.8 Å². The molecule has 160 valence electrons. The summed E-state index contributed by atoms with van der Waals surface area (Å²) in [6.07, 6.45) is -2.28. The van der Waals surface area contributed by atoms with E-state index in [0.717, 1.165) is 10.5 Å². The number of esters is 2. The molecule has 1 N–H and O–H groups in total. The van der Waals surface area contributed by atoms with Crippen molar-refractivity contribution in [1.29, 1.82) is 0 Å². The van der Waals surface area contributed by atoms with Crippen LogP contribution < -0.4 is 5.32 Å². The minimum absolute atomic E-state index is 0.0107. The monoisotopic (exact) mass is 407 g/mol. The minimum Gasteiger partial charge on any atom is -0.460 e. The Morgan fingerprint density at radius 2 is 1.86 bits per heavy atom. The number of likely N-dealkylation sites (N-methyl/N-ethyl adjacent to an activating group) is 1. The summed E-state index contributed by atoms with van der Waals surface area (Å²) in [6, 6.07) is 9.14. The molecule has 1 aliphatic rings. The molecule has 1 aromatic carbocycles. The van der Waals surface area contributed by atoms with Crippen LogP contribution in [0.15, 0.2) is 30.3 Å². The second-order valence-corrected chi connectivity index (χ2v) is 7.92. The van der Waals surface area contributed by atoms with Crippen LogP contribution in [0.3, 0.4) is 0 Å². The Labute approximate surface area is 170 Å². The van der Waals surface area contributed by atoms with Crippen LogP contribution in [0, 0.1) is 0 Å². The zero-order chi connectivity index (χ0) is 21.8. The van der Waals surface area contributed by atoms with E-state index in [4.69, 9.17) is 14.2 Å². The number of benzene rings is 1. The maximum atomic E-state index is 13.0. The first-order valence-electron chi connectivity index (χ1n) is 9.29. The van der Waals surface area contributed by atoms with Crippen LogP contribution >= 0.6 is 0 Å². The van der Waals surface area contributed by atoms with Crippen LogP contribution in [-0.4, -0.2) is 66.6 Å². The molecule has 1 aliphatic heterocycles. The molecule has 0 saturated carbocycles. The number of hydrogen-bond donors (Lipinski definition) is 1. The van der Waals surface area contributed by atoms with E-state index in [1.807, 2.05) is 30.3 Å². The number of rotatable bonds is 6. The smallest absolute Gasteiger partial charge is 0.416 e. The molecule has 1 saturated heterocycles. The van der Waals surface area contributed by atoms with E-state index in [-0.39, 0.29) is 13.0 Å². The first-order valence-corrected chi connectivity index (χ1v) is 9.29. The van der Waals surface area contributed by atoms with E-state index in [0.29, 0.717) is 0 Å². The predicted octanol–water partition coefficient (Wildman–Crippen LogP) is 1.67. The number of ether oxygens (including phenoxy) is 3. The zero-order valence-electron chi connectivity index (χ0n) is 17.7. The summed E-state index contributed by atoms with van der Waals surface area (Å²) < 4.78 is 16.3. The molecule has 0 aromatic heterocycles. The van der Waals surface area contributed by atoms with Crippen LogP contribution in [0.4, 0.5) is 4.79 Å². The van der Waals surface area contributed by atoms with Gasteiger partial charge in [0.1, 0.15) is 18.6 Å². The van der Waals surface area contributed by atoms with Gasteiger partial charge in [-0.25, -0.2) is 14.5 Å². The van der Waals surface area contributed by atoms with Crippen molar-refractivity contribution in [3.63, 3.8) is 0 Å². The van der Waals surface area contributed by atoms with Crippen molar-refractivity contribution in [2.24, 2.45) is 0 Å². The summed E-state index contributed by atoms with van der Waals surface area (Å²) in [5.74, 6) is -2.99. The second kappa shape index (κ2) is 8.79. The molecule has 1 heterocycles. The van der Waals surface area contributed by atoms with Gasteiger partial charge in [0, 0.05) is 0 Å². The standard InChI is InChI=1S/C20H29N3O6/c1-19(2,3)28-15(24)12-20(22(5)6)23(16(21-4)17(25)29-20)18(26)27-13-14-10-8-7-9-11-14/h7-11,16,21H,12-13H2,1-6H3. The lowest BCUT2D eigenvalue weighted by molar-refractivity contribution is -0.199. The van der Waals surface area contributed by atoms with Crippen LogP contribution in [0.2, 0.25) is 0 Å². The number of nitrogens with one attached hydrogen (secondary N) is 1. The maximum Gasteiger partial charge on any atom is 0.416 e. The summed E-state index contributed by atoms with van der Waals surface area (Å²) in [5.41, 5.74) is 0.0599. The molecule has 1 fully saturated rings. The molecule has 2 unspecified atom stereocenters. The largest absolute Gasteiger partial charge is 0.460 e. The zero-order valence-corrected chi connectivity index (χ0v) is 17.7. The number of carbonyl (C=O) groups is 3. The van der Waals surface area contributed by atoms with Crippen molar-refractivity contribution >= 4 is 18.0 Å². The number of hydrogen-bond acceptors (Lipinski definition) is 8. The van der Waals surface area contributed by atoms with Crippen molar-refractivity contribution in [1.82, 2.24) is 15.1 Å². The normalized spacial score (nSPS) is 21.8. The van der Waals surface area contributed by atoms with Crippen molar-refractivity contribution < 1.29 is 28.6 Å². The van der Waals surface area contributed by atoms with Gasteiger partial charge in [-0.2, -0.15) is 0 Å². The highest BCUT2D eigenvalue weighted by molar-refractivity contribution is 5.86. The molecule has 0 spiro atoms. The van der Waals surface area contributed by atoms with Crippen molar-refractivity contribution in [3.8, 4) is 0 Å². The van der Waals surface area contributed by atoms with E-state index >= 15 is 0 Å². The predicted molar refractivity (Wildman–Crippen MR) is 104 cm³/mol. The van der Waals surface area contributed by atoms with Gasteiger partial charge in [0.15, 0.2) is 6.17 Å². The Bertz CT molecular complexity index is 746. The lowest BCUT2D eigenvalue weighted by Crippen LogP contribution is -2.62. The molecule has 2 atom stereocenters. The van der Waals surface area contributed by atoms with E-state index < -0.39 is 35.6 Å². The van der Waals surface area contributed by atoms with Crippen molar-refractivity contribution in [2.75, 3.05) is 21.1 Å². The summed E-state index contributed by atoms with van der Waals surface area (Å²) >= 11 is 0. The van der Waals surface area contributed by atoms with Gasteiger partial charge >= 0.3 is 18.0 Å². The van der Waals surface area contributed by atoms with Gasteiger partial charge in [0.05, 0.1) is 0 Å². The summed E-state index contributed by atoms with van der Waals surface area (Å²) in [6.45, 7) is 5.21. The van der Waals surface area contributed by atoms with Gasteiger partial charge in [-0.1, -0.05) is 30.3 Å². The van der Waals surface area contributed by atoms with E-state index in [1.165, 1.54) is 11.9 Å². The molecule has 1 aromatic rings. The average Bonchev–Trinajstić information content (AvgIpc) is 2.91. The molecule has 1 amide bonds. The van der Waals surface area contributed by atoms with Crippen LogP contribution in [0.25, 0.3) is 0 Å². The summed E-state index contributed by atoms with van der Waals surface area (Å²) in [4.78, 5) is 40.6. The Kier molecular flexibility index (Phi) is 6.86. The second-order valence-electron chi connectivity index (χ2n) is 7.92. The number of amides is 1. The molecule has 0 radical (unpaired) electrons. The third-order valence-corrected chi connectivity index (χ3v) is 4.29. The van der Waals surface area contributed by atoms with Gasteiger partial charge < -0.3 is 14.2 Å². The Balaban J connectivity index is 2.30. The molecule has 0 bridgehead atoms. The number of carbonyl (C=O) groups excluding carboxylic acids is 3. The Morgan fingerprint density at radius 1 is 1.24 bits per heavy atom. The van der Waals surface area contributed by atoms with E-state index in [1.54, 1.807) is 34.9 Å². The molecule has 9 nitrogen and oxygen atoms in total. The van der Waals surface area contributed by atoms with Crippen molar-refractivity contribution in [2.45, 2.75) is 51.4 Å². The van der Waals surface area contributed by atoms with Gasteiger partial charge in [0.2, 0.25) is 0 Å². The Hall–Kier alpha value is -2.65. The third-order valence-electron chi connectivity index (χ3n) is 4.29. The summed E-state index contributed by atoms with van der Waals surface area (Å²) in [5, 5.41) is 2.75. The minimum atomic E-state index is -1.68. The SMILES string of the molecule is CNC1C(=O)OC(CC(=O)OC(C)(C)C)(N(C)C)N1C(=O)OCc1ccccc1. The lowest BCUT2D eigenvalue weighted by atomic mass is 10.1. The van der Waals surface area contributed by atoms with Gasteiger partial charge in [-0.15, -0.1) is 0 Å². The number of cyclic esters (lactones) is 1. The van der Waals surface area contributed by atoms with E-state index in [9.17, 15) is 14.4 Å². The fourth-order valence-electron chi connectivity index (χ4n) is 3.01. The van der Waals surface area contributed by atoms with Crippen LogP contribution in [-0.2, 0) is 30.4 Å². The van der Waals surface area contributed by atoms with E-state index in [2.05, 4.69) is 5.32 Å². The lowest BCUT2D eigenvalue weighted by Gasteiger charge is -2.40. The van der Waals surface area contributed by atoms with Gasteiger partial charge in [-0.05, 0) is 47.5 Å². The molecular formula is C20H29N3O6. The molecular weight excluding hydrogens is 378 g/mol. The Morgan fingerprint density at radius 3 is 2.38 bits per heavy atom. The van der Waals surface area contributed by atoms with Gasteiger partial charge in [-0.3, -0.25) is 15.0 Å². The fourth-order valence-corrected chi connectivity index (χ4v) is 3.01. The average molecular weight is 407 g/mol. The molecule has 29 heavy (non-hydrogen) atoms. The maximum absolute atomic E-state index is 13.0. The molecule has 2 rings (SSSR count). The number of nitrogens with zero attached hydrogens (tertiary/aromatic N) is 2. The molecule has 9 heteroatoms. The first-order chi connectivity index (χ1) is 13.5. The summed E-state index contributed by atoms with van der Waals surface area (Å²) in [7, 11) is 4.73. The highest BCUT2D eigenvalue weighted by Crippen LogP contribution is 2.34. The van der Waals surface area contributed by atoms with Crippen LogP contribution in [0.5, 0.6) is 0 Å². The quantitative estimate of drug-likeness (QED) is 0.562. The first kappa shape index (κ1) is 22.6. The topological polar surface area (TPSA) is 97.4 Å². The molecule has 0 aliphatic carbocycles. The third kappa shape index (κ3) is 5.24. The fraction of sp³-hybridized carbons (Fsp3) is 0.550. The van der Waals surface area contributed by atoms with Gasteiger partial charge in [0.25, 0.3) is 5.85 Å². The highest BCUT2D eigenvalue weighted by Gasteiger charge is 2.59. The van der Waals surface area contributed by atoms with Crippen molar-refractivity contribution in [3.05, 3.63) is 35.9 Å².